The minimum Gasteiger partial charge on any atom is -0.0776 e. The van der Waals surface area contributed by atoms with E-state index in [0.717, 1.165) is 41.4 Å². The van der Waals surface area contributed by atoms with Crippen LogP contribution in [0.5, 0.6) is 0 Å². The Morgan fingerprint density at radius 1 is 0.647 bits per heavy atom. The molecule has 200 valence electrons. The van der Waals surface area contributed by atoms with Crippen molar-refractivity contribution >= 4 is 0 Å². The van der Waals surface area contributed by atoms with Crippen LogP contribution in [-0.4, -0.2) is 0 Å². The summed E-state index contributed by atoms with van der Waals surface area (Å²) >= 11 is 0. The van der Waals surface area contributed by atoms with E-state index in [1.54, 1.807) is 6.42 Å². The quantitative estimate of drug-likeness (QED) is 0.356. The van der Waals surface area contributed by atoms with Crippen molar-refractivity contribution in [2.24, 2.45) is 68.5 Å². The number of hydrogen-bond acceptors (Lipinski definition) is 0. The average Bonchev–Trinajstić information content (AvgIpc) is 3.11. The fraction of sp³-hybridized carbons (Fsp3) is 1.00. The summed E-state index contributed by atoms with van der Waals surface area (Å²) in [5, 5.41) is 0. The van der Waals surface area contributed by atoms with Gasteiger partial charge in [-0.05, 0) is 133 Å². The van der Waals surface area contributed by atoms with Crippen LogP contribution in [0.2, 0.25) is 0 Å². The second-order valence-electron chi connectivity index (χ2n) is 15.6. The number of hydrogen-bond donors (Lipinski definition) is 0. The topological polar surface area (TPSA) is 0 Å². The smallest absolute Gasteiger partial charge is 0.0235 e. The molecule has 0 nitrogen and oxygen atoms in total. The van der Waals surface area contributed by atoms with Gasteiger partial charge in [-0.25, -0.2) is 0 Å². The Morgan fingerprint density at radius 2 is 1.29 bits per heavy atom. The van der Waals surface area contributed by atoms with Crippen LogP contribution >= 0.6 is 0 Å². The van der Waals surface area contributed by atoms with E-state index in [-0.39, 0.29) is 7.43 Å². The molecule has 5 rings (SSSR count). The highest BCUT2D eigenvalue weighted by atomic mass is 14.7. The predicted octanol–water partition coefficient (Wildman–Crippen LogP) is 11.0. The molecule has 0 aromatic rings. The Kier molecular flexibility index (Phi) is 7.63. The Balaban J connectivity index is 0.00000105. The fourth-order valence-corrected chi connectivity index (χ4v) is 11.9. The molecule has 5 saturated carbocycles. The van der Waals surface area contributed by atoms with Gasteiger partial charge < -0.3 is 0 Å². The zero-order valence-electron chi connectivity index (χ0n) is 24.6. The van der Waals surface area contributed by atoms with Crippen LogP contribution in [0.4, 0.5) is 0 Å². The lowest BCUT2D eigenvalue weighted by Gasteiger charge is -2.73. The van der Waals surface area contributed by atoms with Crippen LogP contribution in [0.3, 0.4) is 0 Å². The van der Waals surface area contributed by atoms with E-state index in [4.69, 9.17) is 0 Å². The van der Waals surface area contributed by atoms with Gasteiger partial charge >= 0.3 is 0 Å². The molecule has 0 saturated heterocycles. The third-order valence-electron chi connectivity index (χ3n) is 14.3. The van der Waals surface area contributed by atoms with Crippen molar-refractivity contribution in [2.45, 2.75) is 148 Å². The van der Waals surface area contributed by atoms with Gasteiger partial charge in [-0.1, -0.05) is 83.6 Å². The molecule has 5 fully saturated rings. The molecule has 5 aliphatic rings. The molecule has 0 spiro atoms. The molecule has 0 aliphatic heterocycles. The molecule has 0 aromatic carbocycles. The van der Waals surface area contributed by atoms with Gasteiger partial charge in [0.15, 0.2) is 0 Å². The zero-order chi connectivity index (χ0) is 24.6. The van der Waals surface area contributed by atoms with Crippen LogP contribution in [0.15, 0.2) is 0 Å². The third kappa shape index (κ3) is 3.56. The zero-order valence-corrected chi connectivity index (χ0v) is 24.6. The molecule has 10 atom stereocenters. The van der Waals surface area contributed by atoms with Crippen molar-refractivity contribution < 1.29 is 0 Å². The Morgan fingerprint density at radius 3 is 1.91 bits per heavy atom. The summed E-state index contributed by atoms with van der Waals surface area (Å²) in [7, 11) is 0. The first kappa shape index (κ1) is 28.6. The summed E-state index contributed by atoms with van der Waals surface area (Å²) in [5.41, 5.74) is 2.87. The standard InChI is InChI=1S/C31H54.C2H6.CH4/c1-20(2)22-13-15-28(6)18-19-30(8)23(26(22)28)10-11-25-29(7)16-12-21(3)27(4,5)24(29)14-17-31(25,30)9;1-2;/h20-26H,10-19H2,1-9H3;1-2H3;1H4/t21?,22?,23?,24?,25?,26?,28?,29?,30-,31?;;/m1../s1. The summed E-state index contributed by atoms with van der Waals surface area (Å²) in [6, 6.07) is 0. The number of fused-ring (bicyclic) bond motifs is 7. The van der Waals surface area contributed by atoms with Gasteiger partial charge in [0, 0.05) is 0 Å². The molecule has 34 heavy (non-hydrogen) atoms. The first-order chi connectivity index (χ1) is 15.3. The maximum absolute atomic E-state index is 2.82. The lowest BCUT2D eigenvalue weighted by molar-refractivity contribution is -0.242. The van der Waals surface area contributed by atoms with E-state index in [9.17, 15) is 0 Å². The minimum absolute atomic E-state index is 0. The van der Waals surface area contributed by atoms with Crippen molar-refractivity contribution in [1.29, 1.82) is 0 Å². The minimum atomic E-state index is 0. The Hall–Kier alpha value is 0. The molecule has 9 unspecified atom stereocenters. The van der Waals surface area contributed by atoms with Crippen LogP contribution < -0.4 is 0 Å². The molecule has 5 aliphatic carbocycles. The first-order valence-electron chi connectivity index (χ1n) is 15.3. The van der Waals surface area contributed by atoms with Gasteiger partial charge in [0.1, 0.15) is 0 Å². The molecular formula is C34H64. The lowest BCUT2D eigenvalue weighted by Crippen LogP contribution is -2.66. The van der Waals surface area contributed by atoms with Gasteiger partial charge in [-0.2, -0.15) is 0 Å². The maximum atomic E-state index is 2.82. The number of rotatable bonds is 1. The molecule has 0 radical (unpaired) electrons. The van der Waals surface area contributed by atoms with E-state index in [0.29, 0.717) is 27.1 Å². The largest absolute Gasteiger partial charge is 0.0776 e. The van der Waals surface area contributed by atoms with E-state index in [1.807, 2.05) is 13.8 Å². The van der Waals surface area contributed by atoms with Crippen LogP contribution in [-0.2, 0) is 0 Å². The highest BCUT2D eigenvalue weighted by Crippen LogP contribution is 2.77. The second kappa shape index (κ2) is 9.08. The summed E-state index contributed by atoms with van der Waals surface area (Å²) < 4.78 is 0. The normalized spacial score (nSPS) is 53.3. The summed E-state index contributed by atoms with van der Waals surface area (Å²) in [6.07, 6.45) is 15.1. The summed E-state index contributed by atoms with van der Waals surface area (Å²) in [4.78, 5) is 0. The summed E-state index contributed by atoms with van der Waals surface area (Å²) in [6.45, 7) is 28.0. The van der Waals surface area contributed by atoms with E-state index < -0.39 is 0 Å². The van der Waals surface area contributed by atoms with E-state index in [2.05, 4.69) is 62.3 Å². The monoisotopic (exact) mass is 473 g/mol. The van der Waals surface area contributed by atoms with Crippen LogP contribution in [0, 0.1) is 68.5 Å². The molecule has 0 heteroatoms. The third-order valence-corrected chi connectivity index (χ3v) is 14.3. The molecule has 0 aromatic heterocycles. The van der Waals surface area contributed by atoms with Crippen molar-refractivity contribution in [3.05, 3.63) is 0 Å². The van der Waals surface area contributed by atoms with Gasteiger partial charge in [0.2, 0.25) is 0 Å². The second-order valence-corrected chi connectivity index (χ2v) is 15.6. The van der Waals surface area contributed by atoms with Gasteiger partial charge in [-0.15, -0.1) is 0 Å². The van der Waals surface area contributed by atoms with Crippen LogP contribution in [0.25, 0.3) is 0 Å². The van der Waals surface area contributed by atoms with Crippen molar-refractivity contribution in [2.75, 3.05) is 0 Å². The maximum Gasteiger partial charge on any atom is -0.0235 e. The van der Waals surface area contributed by atoms with E-state index >= 15 is 0 Å². The predicted molar refractivity (Wildman–Crippen MR) is 152 cm³/mol. The van der Waals surface area contributed by atoms with Crippen molar-refractivity contribution in [1.82, 2.24) is 0 Å². The lowest BCUT2D eigenvalue weighted by atomic mass is 9.32. The van der Waals surface area contributed by atoms with Gasteiger partial charge in [-0.3, -0.25) is 0 Å². The first-order valence-corrected chi connectivity index (χ1v) is 15.3. The fourth-order valence-electron chi connectivity index (χ4n) is 11.9. The molecule has 0 heterocycles. The van der Waals surface area contributed by atoms with Gasteiger partial charge in [0.05, 0.1) is 0 Å². The highest BCUT2D eigenvalue weighted by Gasteiger charge is 2.70. The SMILES string of the molecule is C.CC.CC(C)C1CCC2(C)CC[C@]3(C)C(CCC4C5(C)CCC(C)C(C)(C)C5CCC43C)C12. The Bertz CT molecular complexity index is 718. The van der Waals surface area contributed by atoms with E-state index in [1.165, 1.54) is 57.8 Å². The molecule has 0 amide bonds. The summed E-state index contributed by atoms with van der Waals surface area (Å²) in [5.74, 6) is 6.61. The van der Waals surface area contributed by atoms with Crippen molar-refractivity contribution in [3.63, 3.8) is 0 Å². The highest BCUT2D eigenvalue weighted by molar-refractivity contribution is 5.18. The Labute approximate surface area is 216 Å². The van der Waals surface area contributed by atoms with Gasteiger partial charge in [0.25, 0.3) is 0 Å². The van der Waals surface area contributed by atoms with Crippen molar-refractivity contribution in [3.8, 4) is 0 Å². The average molecular weight is 473 g/mol. The molecular weight excluding hydrogens is 408 g/mol. The molecule has 0 N–H and O–H groups in total. The van der Waals surface area contributed by atoms with Crippen LogP contribution in [0.1, 0.15) is 148 Å². The molecule has 0 bridgehead atoms.